The summed E-state index contributed by atoms with van der Waals surface area (Å²) in [4.78, 5) is 0. The quantitative estimate of drug-likeness (QED) is 0.779. The molecule has 1 heterocycles. The van der Waals surface area contributed by atoms with Crippen molar-refractivity contribution >= 4 is 5.69 Å². The number of rotatable bonds is 1. The molecule has 3 rings (SSSR count). The van der Waals surface area contributed by atoms with Crippen LogP contribution in [0.3, 0.4) is 0 Å². The first-order valence-electron chi connectivity index (χ1n) is 6.99. The first-order valence-corrected chi connectivity index (χ1v) is 6.99. The molecule has 2 aromatic rings. The highest BCUT2D eigenvalue weighted by molar-refractivity contribution is 5.65. The first-order chi connectivity index (χ1) is 9.06. The molecular formula is C18H21N. The highest BCUT2D eigenvalue weighted by Crippen LogP contribution is 2.39. The number of aryl methyl sites for hydroxylation is 4. The fraction of sp³-hybridized carbons (Fsp3) is 0.333. The van der Waals surface area contributed by atoms with E-state index in [2.05, 4.69) is 63.3 Å². The van der Waals surface area contributed by atoms with Crippen LogP contribution >= 0.6 is 0 Å². The number of nitrogens with one attached hydrogen (secondary N) is 1. The minimum Gasteiger partial charge on any atom is -0.377 e. The van der Waals surface area contributed by atoms with Gasteiger partial charge in [0.2, 0.25) is 0 Å². The summed E-state index contributed by atoms with van der Waals surface area (Å²) >= 11 is 0. The highest BCUT2D eigenvalue weighted by Gasteiger charge is 2.25. The molecule has 0 radical (unpaired) electrons. The summed E-state index contributed by atoms with van der Waals surface area (Å²) in [7, 11) is 0. The molecule has 0 spiro atoms. The molecule has 0 aliphatic carbocycles. The molecule has 1 N–H and O–H groups in total. The van der Waals surface area contributed by atoms with Gasteiger partial charge >= 0.3 is 0 Å². The smallest absolute Gasteiger partial charge is 0.0557 e. The molecule has 1 nitrogen and oxygen atoms in total. The Bertz CT molecular complexity index is 609. The van der Waals surface area contributed by atoms with Gasteiger partial charge < -0.3 is 5.32 Å². The van der Waals surface area contributed by atoms with Crippen molar-refractivity contribution in [2.75, 3.05) is 5.32 Å². The van der Waals surface area contributed by atoms with Gasteiger partial charge in [0, 0.05) is 5.69 Å². The van der Waals surface area contributed by atoms with Crippen molar-refractivity contribution in [3.63, 3.8) is 0 Å². The topological polar surface area (TPSA) is 12.0 Å². The second-order valence-electron chi connectivity index (χ2n) is 5.81. The maximum atomic E-state index is 3.73. The minimum atomic E-state index is 0.426. The zero-order chi connectivity index (χ0) is 13.6. The largest absolute Gasteiger partial charge is 0.377 e. The van der Waals surface area contributed by atoms with Crippen molar-refractivity contribution in [3.8, 4) is 0 Å². The molecule has 1 aliphatic rings. The lowest BCUT2D eigenvalue weighted by molar-refractivity contribution is 0.812. The third-order valence-corrected chi connectivity index (χ3v) is 4.29. The molecule has 0 saturated carbocycles. The van der Waals surface area contributed by atoms with Gasteiger partial charge in [0.05, 0.1) is 6.04 Å². The van der Waals surface area contributed by atoms with Gasteiger partial charge in [-0.05, 0) is 61.9 Å². The Kier molecular flexibility index (Phi) is 2.85. The van der Waals surface area contributed by atoms with Gasteiger partial charge in [0.15, 0.2) is 0 Å². The van der Waals surface area contributed by atoms with E-state index < -0.39 is 0 Å². The van der Waals surface area contributed by atoms with E-state index in [0.29, 0.717) is 6.04 Å². The molecule has 0 fully saturated rings. The van der Waals surface area contributed by atoms with E-state index >= 15 is 0 Å². The Morgan fingerprint density at radius 2 is 1.58 bits per heavy atom. The maximum Gasteiger partial charge on any atom is 0.0557 e. The van der Waals surface area contributed by atoms with Crippen molar-refractivity contribution in [1.82, 2.24) is 0 Å². The van der Waals surface area contributed by atoms with E-state index in [1.54, 1.807) is 0 Å². The van der Waals surface area contributed by atoms with Gasteiger partial charge in [-0.25, -0.2) is 0 Å². The van der Waals surface area contributed by atoms with Crippen LogP contribution in [0.4, 0.5) is 5.69 Å². The molecule has 1 atom stereocenters. The normalized spacial score (nSPS) is 17.2. The van der Waals surface area contributed by atoms with Crippen LogP contribution in [0, 0.1) is 27.7 Å². The second kappa shape index (κ2) is 4.41. The predicted molar refractivity (Wildman–Crippen MR) is 81.9 cm³/mol. The first kappa shape index (κ1) is 12.3. The third-order valence-electron chi connectivity index (χ3n) is 4.29. The Morgan fingerprint density at radius 1 is 0.895 bits per heavy atom. The number of benzene rings is 2. The zero-order valence-electron chi connectivity index (χ0n) is 12.2. The summed E-state index contributed by atoms with van der Waals surface area (Å²) in [5.74, 6) is 0. The van der Waals surface area contributed by atoms with Crippen molar-refractivity contribution < 1.29 is 0 Å². The van der Waals surface area contributed by atoms with E-state index in [1.165, 1.54) is 39.1 Å². The maximum absolute atomic E-state index is 3.73. The van der Waals surface area contributed by atoms with Crippen molar-refractivity contribution in [2.45, 2.75) is 40.2 Å². The fourth-order valence-electron chi connectivity index (χ4n) is 3.09. The lowest BCUT2D eigenvalue weighted by Gasteiger charge is -2.16. The monoisotopic (exact) mass is 251 g/mol. The van der Waals surface area contributed by atoms with E-state index in [9.17, 15) is 0 Å². The lowest BCUT2D eigenvalue weighted by atomic mass is 9.95. The zero-order valence-corrected chi connectivity index (χ0v) is 12.2. The standard InChI is InChI=1S/C18H21N/c1-11-5-6-12(2)15(9-11)17-10-16-13(3)7-8-14(4)18(16)19-17/h5-9,17,19H,10H2,1-4H3. The van der Waals surface area contributed by atoms with Crippen LogP contribution in [0.1, 0.15) is 39.4 Å². The van der Waals surface area contributed by atoms with Crippen molar-refractivity contribution in [1.29, 1.82) is 0 Å². The number of hydrogen-bond donors (Lipinski definition) is 1. The molecule has 0 saturated heterocycles. The molecule has 1 heteroatoms. The summed E-state index contributed by atoms with van der Waals surface area (Å²) < 4.78 is 0. The molecule has 0 bridgehead atoms. The van der Waals surface area contributed by atoms with E-state index in [-0.39, 0.29) is 0 Å². The van der Waals surface area contributed by atoms with Gasteiger partial charge in [0.25, 0.3) is 0 Å². The predicted octanol–water partition coefficient (Wildman–Crippen LogP) is 4.63. The van der Waals surface area contributed by atoms with Gasteiger partial charge in [0.1, 0.15) is 0 Å². The van der Waals surface area contributed by atoms with Crippen LogP contribution in [0.15, 0.2) is 30.3 Å². The minimum absolute atomic E-state index is 0.426. The van der Waals surface area contributed by atoms with E-state index in [1.807, 2.05) is 0 Å². The molecule has 1 unspecified atom stereocenters. The van der Waals surface area contributed by atoms with E-state index in [4.69, 9.17) is 0 Å². The van der Waals surface area contributed by atoms with Crippen LogP contribution in [0.5, 0.6) is 0 Å². The van der Waals surface area contributed by atoms with Crippen molar-refractivity contribution in [2.24, 2.45) is 0 Å². The second-order valence-corrected chi connectivity index (χ2v) is 5.81. The SMILES string of the molecule is Cc1ccc(C)c(C2Cc3c(C)ccc(C)c3N2)c1. The Labute approximate surface area is 115 Å². The van der Waals surface area contributed by atoms with Crippen molar-refractivity contribution in [3.05, 3.63) is 63.7 Å². The molecular weight excluding hydrogens is 230 g/mol. The number of fused-ring (bicyclic) bond motifs is 1. The summed E-state index contributed by atoms with van der Waals surface area (Å²) in [6.45, 7) is 8.78. The van der Waals surface area contributed by atoms with Crippen LogP contribution in [0.2, 0.25) is 0 Å². The molecule has 98 valence electrons. The van der Waals surface area contributed by atoms with Gasteiger partial charge in [-0.3, -0.25) is 0 Å². The summed E-state index contributed by atoms with van der Waals surface area (Å²) in [6.07, 6.45) is 1.10. The average molecular weight is 251 g/mol. The van der Waals surface area contributed by atoms with Gasteiger partial charge in [-0.15, -0.1) is 0 Å². The Balaban J connectivity index is 2.02. The molecule has 19 heavy (non-hydrogen) atoms. The summed E-state index contributed by atoms with van der Waals surface area (Å²) in [6, 6.07) is 11.6. The summed E-state index contributed by atoms with van der Waals surface area (Å²) in [5.41, 5.74) is 9.76. The highest BCUT2D eigenvalue weighted by atomic mass is 15.0. The Morgan fingerprint density at radius 3 is 2.32 bits per heavy atom. The van der Waals surface area contributed by atoms with E-state index in [0.717, 1.165) is 6.42 Å². The lowest BCUT2D eigenvalue weighted by Crippen LogP contribution is -2.08. The number of anilines is 1. The van der Waals surface area contributed by atoms with Crippen LogP contribution in [-0.4, -0.2) is 0 Å². The molecule has 0 aromatic heterocycles. The van der Waals surface area contributed by atoms with Gasteiger partial charge in [-0.1, -0.05) is 35.9 Å². The number of hydrogen-bond acceptors (Lipinski definition) is 1. The fourth-order valence-corrected chi connectivity index (χ4v) is 3.09. The Hall–Kier alpha value is -1.76. The van der Waals surface area contributed by atoms with Crippen LogP contribution < -0.4 is 5.32 Å². The average Bonchev–Trinajstić information content (AvgIpc) is 2.83. The van der Waals surface area contributed by atoms with Crippen LogP contribution in [-0.2, 0) is 6.42 Å². The third kappa shape index (κ3) is 2.03. The molecule has 0 amide bonds. The van der Waals surface area contributed by atoms with Crippen LogP contribution in [0.25, 0.3) is 0 Å². The summed E-state index contributed by atoms with van der Waals surface area (Å²) in [5, 5.41) is 3.73. The molecule has 1 aliphatic heterocycles. The van der Waals surface area contributed by atoms with Gasteiger partial charge in [-0.2, -0.15) is 0 Å². The molecule has 2 aromatic carbocycles.